The van der Waals surface area contributed by atoms with Crippen LogP contribution in [0.1, 0.15) is 31.7 Å². The fourth-order valence-electron chi connectivity index (χ4n) is 3.39. The first-order valence-electron chi connectivity index (χ1n) is 8.61. The molecule has 1 fully saturated rings. The number of benzene rings is 1. The van der Waals surface area contributed by atoms with Gasteiger partial charge in [-0.3, -0.25) is 9.69 Å². The molecule has 1 atom stereocenters. The van der Waals surface area contributed by atoms with Crippen molar-refractivity contribution in [2.75, 3.05) is 33.4 Å². The Balaban J connectivity index is 1.74. The highest BCUT2D eigenvalue weighted by Gasteiger charge is 2.23. The molecule has 1 N–H and O–H groups in total. The van der Waals surface area contributed by atoms with E-state index in [2.05, 4.69) is 10.2 Å². The molecular weight excluding hydrogens is 308 g/mol. The van der Waals surface area contributed by atoms with E-state index >= 15 is 0 Å². The lowest BCUT2D eigenvalue weighted by Gasteiger charge is -2.33. The molecule has 2 heterocycles. The van der Waals surface area contributed by atoms with Gasteiger partial charge in [-0.15, -0.1) is 0 Å². The first kappa shape index (κ1) is 16.9. The molecule has 0 bridgehead atoms. The summed E-state index contributed by atoms with van der Waals surface area (Å²) < 4.78 is 17.1. The standard InChI is InChI=1S/C18H26N2O4/c1-13(21)19-15-5-3-6-20(12-15)11-14-9-17-18(10-16(14)22-2)24-8-4-7-23-17/h9-10,15H,3-8,11-12H2,1-2H3,(H,19,21)/t15-/m0/s1. The van der Waals surface area contributed by atoms with Crippen LogP contribution in [0.2, 0.25) is 0 Å². The van der Waals surface area contributed by atoms with Gasteiger partial charge in [0.1, 0.15) is 5.75 Å². The summed E-state index contributed by atoms with van der Waals surface area (Å²) in [7, 11) is 1.68. The molecule has 2 aliphatic rings. The SMILES string of the molecule is COc1cc2c(cc1CN1CCC[C@H](NC(C)=O)C1)OCCCO2. The minimum absolute atomic E-state index is 0.0370. The van der Waals surface area contributed by atoms with E-state index in [1.165, 1.54) is 0 Å². The predicted octanol–water partition coefficient (Wildman–Crippen LogP) is 1.96. The zero-order valence-electron chi connectivity index (χ0n) is 14.5. The lowest BCUT2D eigenvalue weighted by Crippen LogP contribution is -2.46. The number of fused-ring (bicyclic) bond motifs is 1. The maximum absolute atomic E-state index is 11.3. The maximum Gasteiger partial charge on any atom is 0.217 e. The second-order valence-corrected chi connectivity index (χ2v) is 6.44. The molecule has 132 valence electrons. The van der Waals surface area contributed by atoms with E-state index in [0.29, 0.717) is 13.2 Å². The number of carbonyl (C=O) groups excluding carboxylic acids is 1. The van der Waals surface area contributed by atoms with Crippen LogP contribution in [0.25, 0.3) is 0 Å². The van der Waals surface area contributed by atoms with Crippen molar-refractivity contribution in [3.8, 4) is 17.2 Å². The topological polar surface area (TPSA) is 60.0 Å². The Labute approximate surface area is 143 Å². The number of hydrogen-bond acceptors (Lipinski definition) is 5. The molecule has 24 heavy (non-hydrogen) atoms. The molecule has 0 aromatic heterocycles. The number of likely N-dealkylation sites (tertiary alicyclic amines) is 1. The predicted molar refractivity (Wildman–Crippen MR) is 90.7 cm³/mol. The van der Waals surface area contributed by atoms with Gasteiger partial charge in [-0.1, -0.05) is 0 Å². The Morgan fingerprint density at radius 3 is 2.75 bits per heavy atom. The minimum Gasteiger partial charge on any atom is -0.496 e. The van der Waals surface area contributed by atoms with Crippen LogP contribution in [0.5, 0.6) is 17.2 Å². The number of nitrogens with one attached hydrogen (secondary N) is 1. The van der Waals surface area contributed by atoms with Crippen molar-refractivity contribution in [2.24, 2.45) is 0 Å². The summed E-state index contributed by atoms with van der Waals surface area (Å²) in [5, 5.41) is 3.03. The van der Waals surface area contributed by atoms with Crippen LogP contribution in [0.4, 0.5) is 0 Å². The third-order valence-corrected chi connectivity index (χ3v) is 4.46. The van der Waals surface area contributed by atoms with Gasteiger partial charge in [0.15, 0.2) is 11.5 Å². The Bertz CT molecular complexity index is 591. The lowest BCUT2D eigenvalue weighted by molar-refractivity contribution is -0.120. The van der Waals surface area contributed by atoms with Crippen LogP contribution in [0.3, 0.4) is 0 Å². The quantitative estimate of drug-likeness (QED) is 0.912. The number of rotatable bonds is 4. The van der Waals surface area contributed by atoms with Crippen molar-refractivity contribution < 1.29 is 19.0 Å². The van der Waals surface area contributed by atoms with E-state index < -0.39 is 0 Å². The summed E-state index contributed by atoms with van der Waals surface area (Å²) in [6, 6.07) is 4.18. The van der Waals surface area contributed by atoms with Gasteiger partial charge in [-0.2, -0.15) is 0 Å². The molecule has 6 nitrogen and oxygen atoms in total. The van der Waals surface area contributed by atoms with Crippen molar-refractivity contribution in [1.29, 1.82) is 0 Å². The highest BCUT2D eigenvalue weighted by atomic mass is 16.5. The highest BCUT2D eigenvalue weighted by Crippen LogP contribution is 2.37. The second kappa shape index (κ2) is 7.75. The molecular formula is C18H26N2O4. The average Bonchev–Trinajstić information content (AvgIpc) is 2.78. The molecule has 1 saturated heterocycles. The van der Waals surface area contributed by atoms with Gasteiger partial charge in [-0.25, -0.2) is 0 Å². The van der Waals surface area contributed by atoms with Crippen LogP contribution in [0.15, 0.2) is 12.1 Å². The Kier molecular flexibility index (Phi) is 5.45. The minimum atomic E-state index is 0.0370. The van der Waals surface area contributed by atoms with Crippen molar-refractivity contribution >= 4 is 5.91 Å². The van der Waals surface area contributed by atoms with Crippen molar-refractivity contribution in [2.45, 2.75) is 38.8 Å². The number of nitrogens with zero attached hydrogens (tertiary/aromatic N) is 1. The third-order valence-electron chi connectivity index (χ3n) is 4.46. The maximum atomic E-state index is 11.3. The molecule has 1 aromatic carbocycles. The molecule has 3 rings (SSSR count). The van der Waals surface area contributed by atoms with E-state index in [1.807, 2.05) is 12.1 Å². The van der Waals surface area contributed by atoms with E-state index in [-0.39, 0.29) is 11.9 Å². The van der Waals surface area contributed by atoms with Gasteiger partial charge in [-0.05, 0) is 25.5 Å². The normalized spacial score (nSPS) is 21.0. The summed E-state index contributed by atoms with van der Waals surface area (Å²) >= 11 is 0. The van der Waals surface area contributed by atoms with E-state index in [9.17, 15) is 4.79 Å². The molecule has 0 saturated carbocycles. The molecule has 6 heteroatoms. The number of amides is 1. The summed E-state index contributed by atoms with van der Waals surface area (Å²) in [6.07, 6.45) is 3.00. The first-order valence-corrected chi connectivity index (χ1v) is 8.61. The molecule has 2 aliphatic heterocycles. The second-order valence-electron chi connectivity index (χ2n) is 6.44. The van der Waals surface area contributed by atoms with Crippen LogP contribution in [-0.4, -0.2) is 50.3 Å². The third kappa shape index (κ3) is 4.12. The fraction of sp³-hybridized carbons (Fsp3) is 0.611. The molecule has 0 radical (unpaired) electrons. The lowest BCUT2D eigenvalue weighted by atomic mass is 10.0. The zero-order valence-corrected chi connectivity index (χ0v) is 14.5. The van der Waals surface area contributed by atoms with Gasteiger partial charge < -0.3 is 19.5 Å². The fourth-order valence-corrected chi connectivity index (χ4v) is 3.39. The van der Waals surface area contributed by atoms with Crippen molar-refractivity contribution in [3.05, 3.63) is 17.7 Å². The van der Waals surface area contributed by atoms with Crippen LogP contribution in [-0.2, 0) is 11.3 Å². The van der Waals surface area contributed by atoms with E-state index in [0.717, 1.165) is 61.7 Å². The Morgan fingerprint density at radius 1 is 1.29 bits per heavy atom. The van der Waals surface area contributed by atoms with Gasteiger partial charge in [0, 0.05) is 44.1 Å². The van der Waals surface area contributed by atoms with Crippen LogP contribution in [0, 0.1) is 0 Å². The molecule has 1 amide bonds. The molecule has 1 aromatic rings. The van der Waals surface area contributed by atoms with Crippen LogP contribution >= 0.6 is 0 Å². The van der Waals surface area contributed by atoms with Gasteiger partial charge in [0.2, 0.25) is 5.91 Å². The molecule has 0 aliphatic carbocycles. The van der Waals surface area contributed by atoms with Crippen molar-refractivity contribution in [3.63, 3.8) is 0 Å². The molecule has 0 spiro atoms. The monoisotopic (exact) mass is 334 g/mol. The largest absolute Gasteiger partial charge is 0.496 e. The number of hydrogen-bond donors (Lipinski definition) is 1. The van der Waals surface area contributed by atoms with Crippen molar-refractivity contribution in [1.82, 2.24) is 10.2 Å². The van der Waals surface area contributed by atoms with E-state index in [1.54, 1.807) is 14.0 Å². The van der Waals surface area contributed by atoms with Gasteiger partial charge >= 0.3 is 0 Å². The summed E-state index contributed by atoms with van der Waals surface area (Å²) in [5.74, 6) is 2.40. The number of piperidine rings is 1. The Morgan fingerprint density at radius 2 is 2.04 bits per heavy atom. The number of ether oxygens (including phenoxy) is 3. The molecule has 0 unspecified atom stereocenters. The summed E-state index contributed by atoms with van der Waals surface area (Å²) in [6.45, 7) is 5.57. The van der Waals surface area contributed by atoms with Crippen LogP contribution < -0.4 is 19.5 Å². The smallest absolute Gasteiger partial charge is 0.217 e. The summed E-state index contributed by atoms with van der Waals surface area (Å²) in [4.78, 5) is 13.6. The van der Waals surface area contributed by atoms with E-state index in [4.69, 9.17) is 14.2 Å². The Hall–Kier alpha value is -1.95. The van der Waals surface area contributed by atoms with Gasteiger partial charge in [0.05, 0.1) is 20.3 Å². The van der Waals surface area contributed by atoms with Gasteiger partial charge in [0.25, 0.3) is 0 Å². The number of methoxy groups -OCH3 is 1. The highest BCUT2D eigenvalue weighted by molar-refractivity contribution is 5.73. The number of carbonyl (C=O) groups is 1. The summed E-state index contributed by atoms with van der Waals surface area (Å²) in [5.41, 5.74) is 1.09. The first-order chi connectivity index (χ1) is 11.7. The zero-order chi connectivity index (χ0) is 16.9. The average molecular weight is 334 g/mol.